The van der Waals surface area contributed by atoms with Crippen LogP contribution in [0.4, 0.5) is 11.5 Å². The van der Waals surface area contributed by atoms with E-state index in [0.717, 1.165) is 9.47 Å². The van der Waals surface area contributed by atoms with Crippen molar-refractivity contribution in [2.45, 2.75) is 31.6 Å². The third kappa shape index (κ3) is 4.43. The number of ether oxygens (including phenoxy) is 1. The third-order valence-electron chi connectivity index (χ3n) is 5.20. The normalized spacial score (nSPS) is 19.2. The molecule has 1 aromatic carbocycles. The first-order valence-electron chi connectivity index (χ1n) is 10.1. The first-order chi connectivity index (χ1) is 15.4. The van der Waals surface area contributed by atoms with Crippen molar-refractivity contribution in [3.05, 3.63) is 56.2 Å². The number of aliphatic hydroxyl groups is 1. The Labute approximate surface area is 202 Å². The number of anilines is 2. The molecular weight excluding hydrogens is 549 g/mol. The number of nitrogens with zero attached hydrogens (tertiary/aromatic N) is 3. The number of benzene rings is 1. The minimum Gasteiger partial charge on any atom is -0.452 e. The summed E-state index contributed by atoms with van der Waals surface area (Å²) in [7, 11) is 1.61. The molecule has 0 fully saturated rings. The zero-order chi connectivity index (χ0) is 22.8. The molecule has 2 unspecified atom stereocenters. The molecule has 2 aromatic rings. The maximum absolute atomic E-state index is 13.4. The molecule has 1 aromatic heterocycles. The largest absolute Gasteiger partial charge is 0.452 e. The Morgan fingerprint density at radius 1 is 1.28 bits per heavy atom. The highest BCUT2D eigenvalue weighted by Gasteiger charge is 2.38. The van der Waals surface area contributed by atoms with Crippen molar-refractivity contribution in [3.8, 4) is 11.5 Å². The summed E-state index contributed by atoms with van der Waals surface area (Å²) in [5.41, 5.74) is -0.489. The van der Waals surface area contributed by atoms with Gasteiger partial charge in [-0.3, -0.25) is 13.9 Å². The van der Waals surface area contributed by atoms with Gasteiger partial charge in [-0.15, -0.1) is 11.8 Å². The fourth-order valence-electron chi connectivity index (χ4n) is 3.69. The monoisotopic (exact) mass is 573 g/mol. The van der Waals surface area contributed by atoms with E-state index in [1.165, 1.54) is 4.57 Å². The van der Waals surface area contributed by atoms with Gasteiger partial charge >= 0.3 is 5.69 Å². The Hall–Kier alpha value is -2.32. The van der Waals surface area contributed by atoms with Crippen LogP contribution >= 0.6 is 34.8 Å². The summed E-state index contributed by atoms with van der Waals surface area (Å²) in [6.45, 7) is 2.51. The van der Waals surface area contributed by atoms with E-state index in [0.29, 0.717) is 36.0 Å². The second-order valence-electron chi connectivity index (χ2n) is 7.42. The van der Waals surface area contributed by atoms with Crippen molar-refractivity contribution in [3.63, 3.8) is 0 Å². The average Bonchev–Trinajstić information content (AvgIpc) is 3.36. The maximum Gasteiger partial charge on any atom is 0.332 e. The van der Waals surface area contributed by atoms with Crippen LogP contribution < -0.4 is 34.6 Å². The number of thioether (sulfide) groups is 1. The Bertz CT molecular complexity index is 1150. The van der Waals surface area contributed by atoms with Crippen LogP contribution in [-0.4, -0.2) is 39.1 Å². The van der Waals surface area contributed by atoms with Crippen LogP contribution in [0.2, 0.25) is 0 Å². The van der Waals surface area contributed by atoms with Crippen LogP contribution in [0.25, 0.3) is 0 Å². The van der Waals surface area contributed by atoms with E-state index in [1.807, 2.05) is 30.2 Å². The van der Waals surface area contributed by atoms with E-state index in [-0.39, 0.29) is 18.5 Å². The molecule has 3 N–H and O–H groups in total. The molecule has 2 aliphatic heterocycles. The van der Waals surface area contributed by atoms with Gasteiger partial charge in [-0.05, 0) is 30.4 Å². The van der Waals surface area contributed by atoms with E-state index in [4.69, 9.17) is 7.80 Å². The first-order valence-corrected chi connectivity index (χ1v) is 11.8. The number of hydrogen-bond donors (Lipinski definition) is 3. The summed E-state index contributed by atoms with van der Waals surface area (Å²) in [6.07, 6.45) is 1.55. The van der Waals surface area contributed by atoms with Gasteiger partial charge in [0.05, 0.1) is 11.9 Å². The SMILES string of the molecule is CC1=CNC(CN2c3c(n(C)c(=O)n(CCCO)c3=O)NC2Oc2cccc(OI)c2)S1. The Morgan fingerprint density at radius 3 is 2.75 bits per heavy atom. The molecule has 2 atom stereocenters. The minimum atomic E-state index is -0.704. The number of nitrogens with one attached hydrogen (secondary N) is 2. The van der Waals surface area contributed by atoms with Crippen molar-refractivity contribution < 1.29 is 12.9 Å². The van der Waals surface area contributed by atoms with E-state index >= 15 is 0 Å². The van der Waals surface area contributed by atoms with Crippen LogP contribution in [0, 0.1) is 0 Å². The van der Waals surface area contributed by atoms with Crippen LogP contribution in [-0.2, 0) is 13.6 Å². The number of fused-ring (bicyclic) bond motifs is 1. The van der Waals surface area contributed by atoms with Crippen molar-refractivity contribution in [2.24, 2.45) is 7.05 Å². The smallest absolute Gasteiger partial charge is 0.332 e. The molecule has 0 saturated heterocycles. The highest BCUT2D eigenvalue weighted by Crippen LogP contribution is 2.34. The molecule has 3 heterocycles. The van der Waals surface area contributed by atoms with Crippen molar-refractivity contribution in [1.82, 2.24) is 14.5 Å². The lowest BCUT2D eigenvalue weighted by atomic mass is 10.3. The Kier molecular flexibility index (Phi) is 6.90. The molecule has 0 aliphatic carbocycles. The van der Waals surface area contributed by atoms with Gasteiger partial charge in [0.2, 0.25) is 0 Å². The van der Waals surface area contributed by atoms with Gasteiger partial charge in [-0.2, -0.15) is 0 Å². The molecule has 0 spiro atoms. The van der Waals surface area contributed by atoms with E-state index in [1.54, 1.807) is 53.9 Å². The number of aliphatic hydroxyl groups excluding tert-OH is 1. The van der Waals surface area contributed by atoms with Gasteiger partial charge in [-0.1, -0.05) is 6.07 Å². The molecule has 10 nitrogen and oxygen atoms in total. The van der Waals surface area contributed by atoms with Gasteiger partial charge in [0.1, 0.15) is 23.0 Å². The fraction of sp³-hybridized carbons (Fsp3) is 0.400. The summed E-state index contributed by atoms with van der Waals surface area (Å²) in [4.78, 5) is 29.1. The van der Waals surface area contributed by atoms with E-state index in [2.05, 4.69) is 10.6 Å². The van der Waals surface area contributed by atoms with Gasteiger partial charge < -0.3 is 28.4 Å². The van der Waals surface area contributed by atoms with Gasteiger partial charge in [-0.25, -0.2) is 4.79 Å². The summed E-state index contributed by atoms with van der Waals surface area (Å²) in [5, 5.41) is 15.7. The standard InChI is InChI=1S/C20H24IN5O5S/c1-12-10-22-15(32-12)11-26-16-17(24(2)20(29)25(18(16)28)7-4-8-27)23-19(26)30-13-5-3-6-14(9-13)31-21/h3,5-6,9-10,15,19,22-23,27H,4,7-8,11H2,1-2H3. The number of allylic oxidation sites excluding steroid dienone is 1. The molecule has 2 aliphatic rings. The number of hydrogen-bond acceptors (Lipinski definition) is 9. The summed E-state index contributed by atoms with van der Waals surface area (Å²) in [5.74, 6) is 1.59. The third-order valence-corrected chi connectivity index (χ3v) is 6.77. The molecule has 4 rings (SSSR count). The number of halogens is 1. The molecule has 0 bridgehead atoms. The van der Waals surface area contributed by atoms with Gasteiger partial charge in [0.15, 0.2) is 23.0 Å². The highest BCUT2D eigenvalue weighted by molar-refractivity contribution is 14.1. The van der Waals surface area contributed by atoms with Crippen molar-refractivity contribution >= 4 is 46.3 Å². The molecule has 0 saturated carbocycles. The molecule has 0 radical (unpaired) electrons. The van der Waals surface area contributed by atoms with Crippen LogP contribution in [0.5, 0.6) is 11.5 Å². The van der Waals surface area contributed by atoms with Crippen LogP contribution in [0.15, 0.2) is 45.0 Å². The van der Waals surface area contributed by atoms with Gasteiger partial charge in [0.25, 0.3) is 11.9 Å². The zero-order valence-corrected chi connectivity index (χ0v) is 20.6. The Balaban J connectivity index is 1.73. The predicted octanol–water partition coefficient (Wildman–Crippen LogP) is 1.78. The fourth-order valence-corrected chi connectivity index (χ4v) is 4.92. The molecule has 0 amide bonds. The molecular formula is C20H24IN5O5S. The van der Waals surface area contributed by atoms with Gasteiger partial charge in [0, 0.05) is 32.5 Å². The topological polar surface area (TPSA) is 110 Å². The van der Waals surface area contributed by atoms with Crippen LogP contribution in [0.1, 0.15) is 13.3 Å². The minimum absolute atomic E-state index is 0.0142. The average molecular weight is 573 g/mol. The molecule has 32 heavy (non-hydrogen) atoms. The lowest BCUT2D eigenvalue weighted by Crippen LogP contribution is -2.47. The molecule has 12 heteroatoms. The first kappa shape index (κ1) is 22.9. The summed E-state index contributed by atoms with van der Waals surface area (Å²) < 4.78 is 14.0. The second-order valence-corrected chi connectivity index (χ2v) is 9.31. The number of aromatic nitrogens is 2. The Morgan fingerprint density at radius 2 is 2.06 bits per heavy atom. The predicted molar refractivity (Wildman–Crippen MR) is 132 cm³/mol. The number of rotatable bonds is 8. The lowest BCUT2D eigenvalue weighted by Gasteiger charge is -2.28. The summed E-state index contributed by atoms with van der Waals surface area (Å²) in [6, 6.07) is 7.18. The maximum atomic E-state index is 13.4. The highest BCUT2D eigenvalue weighted by atomic mass is 127. The van der Waals surface area contributed by atoms with E-state index < -0.39 is 17.6 Å². The van der Waals surface area contributed by atoms with Crippen molar-refractivity contribution in [1.29, 1.82) is 0 Å². The summed E-state index contributed by atoms with van der Waals surface area (Å²) >= 11 is 3.47. The van der Waals surface area contributed by atoms with Crippen LogP contribution in [0.3, 0.4) is 0 Å². The van der Waals surface area contributed by atoms with Crippen molar-refractivity contribution in [2.75, 3.05) is 23.4 Å². The zero-order valence-electron chi connectivity index (χ0n) is 17.6. The quantitative estimate of drug-likeness (QED) is 0.408. The lowest BCUT2D eigenvalue weighted by molar-refractivity contribution is 0.228. The molecule has 172 valence electrons. The second kappa shape index (κ2) is 9.67. The van der Waals surface area contributed by atoms with E-state index in [9.17, 15) is 14.7 Å².